The van der Waals surface area contributed by atoms with Crippen molar-refractivity contribution in [2.45, 2.75) is 39.0 Å². The Hall–Kier alpha value is -1.97. The largest absolute Gasteiger partial charge is 0.506 e. The van der Waals surface area contributed by atoms with E-state index in [0.29, 0.717) is 5.69 Å². The van der Waals surface area contributed by atoms with Crippen LogP contribution in [-0.4, -0.2) is 11.1 Å². The number of hydrogen-bond donors (Lipinski definition) is 3. The smallest absolute Gasteiger partial charge is 0.323 e. The summed E-state index contributed by atoms with van der Waals surface area (Å²) in [6.45, 7) is 1.91. The lowest BCUT2D eigenvalue weighted by Gasteiger charge is -2.14. The number of urea groups is 1. The molecule has 0 radical (unpaired) electrons. The van der Waals surface area contributed by atoms with Crippen LogP contribution in [0, 0.1) is 6.92 Å². The second-order valence-corrected chi connectivity index (χ2v) is 4.98. The fourth-order valence-electron chi connectivity index (χ4n) is 2.23. The molecule has 0 unspecified atom stereocenters. The Morgan fingerprint density at radius 3 is 2.74 bits per heavy atom. The van der Waals surface area contributed by atoms with E-state index in [1.165, 1.54) is 24.8 Å². The molecule has 3 N–H and O–H groups in total. The van der Waals surface area contributed by atoms with E-state index in [2.05, 4.69) is 10.6 Å². The van der Waals surface area contributed by atoms with E-state index < -0.39 is 0 Å². The molecule has 102 valence electrons. The lowest BCUT2D eigenvalue weighted by atomic mass is 9.96. The average Bonchev–Trinajstić information content (AvgIpc) is 2.42. The molecule has 1 aromatic carbocycles. The number of anilines is 1. The maximum atomic E-state index is 11.7. The van der Waals surface area contributed by atoms with Crippen molar-refractivity contribution < 1.29 is 9.90 Å². The highest BCUT2D eigenvalue weighted by molar-refractivity contribution is 5.91. The number of allylic oxidation sites excluding steroid dienone is 1. The zero-order valence-corrected chi connectivity index (χ0v) is 11.2. The number of hydrogen-bond acceptors (Lipinski definition) is 2. The molecule has 4 heteroatoms. The molecule has 4 nitrogen and oxygen atoms in total. The van der Waals surface area contributed by atoms with Crippen molar-refractivity contribution in [3.63, 3.8) is 0 Å². The van der Waals surface area contributed by atoms with Crippen LogP contribution in [0.15, 0.2) is 30.0 Å². The maximum absolute atomic E-state index is 11.7. The molecule has 1 saturated carbocycles. The third-order valence-corrected chi connectivity index (χ3v) is 3.30. The molecule has 1 fully saturated rings. The molecule has 1 aromatic rings. The van der Waals surface area contributed by atoms with Gasteiger partial charge in [-0.05, 0) is 50.3 Å². The Labute approximate surface area is 113 Å². The zero-order chi connectivity index (χ0) is 13.7. The molecule has 1 aliphatic carbocycles. The lowest BCUT2D eigenvalue weighted by Crippen LogP contribution is -2.24. The van der Waals surface area contributed by atoms with Crippen LogP contribution in [0.25, 0.3) is 0 Å². The molecule has 0 aliphatic heterocycles. The first-order valence-electron chi connectivity index (χ1n) is 6.70. The van der Waals surface area contributed by atoms with Gasteiger partial charge in [-0.15, -0.1) is 0 Å². The third-order valence-electron chi connectivity index (χ3n) is 3.30. The van der Waals surface area contributed by atoms with Crippen molar-refractivity contribution >= 4 is 11.7 Å². The number of phenolic OH excluding ortho intramolecular Hbond substituents is 1. The average molecular weight is 260 g/mol. The molecular weight excluding hydrogens is 240 g/mol. The monoisotopic (exact) mass is 260 g/mol. The summed E-state index contributed by atoms with van der Waals surface area (Å²) in [7, 11) is 0. The van der Waals surface area contributed by atoms with Crippen LogP contribution in [0.2, 0.25) is 0 Å². The number of aromatic hydroxyl groups is 1. The van der Waals surface area contributed by atoms with Gasteiger partial charge < -0.3 is 15.7 Å². The Kier molecular flexibility index (Phi) is 4.44. The molecule has 0 atom stereocenters. The van der Waals surface area contributed by atoms with Gasteiger partial charge in [-0.1, -0.05) is 18.1 Å². The van der Waals surface area contributed by atoms with Crippen molar-refractivity contribution in [3.05, 3.63) is 35.5 Å². The van der Waals surface area contributed by atoms with E-state index in [0.717, 1.165) is 18.4 Å². The van der Waals surface area contributed by atoms with Crippen LogP contribution in [0.4, 0.5) is 10.5 Å². The lowest BCUT2D eigenvalue weighted by molar-refractivity contribution is 0.255. The highest BCUT2D eigenvalue weighted by Gasteiger charge is 2.07. The van der Waals surface area contributed by atoms with Crippen LogP contribution in [-0.2, 0) is 0 Å². The van der Waals surface area contributed by atoms with Crippen molar-refractivity contribution in [1.29, 1.82) is 0 Å². The number of rotatable bonds is 2. The first-order chi connectivity index (χ1) is 9.15. The number of carbonyl (C=O) groups excluding carboxylic acids is 1. The summed E-state index contributed by atoms with van der Waals surface area (Å²) in [6, 6.07) is 4.79. The van der Waals surface area contributed by atoms with E-state index in [1.807, 2.05) is 6.92 Å². The molecular formula is C15H20N2O2. The van der Waals surface area contributed by atoms with E-state index in [-0.39, 0.29) is 11.8 Å². The van der Waals surface area contributed by atoms with Gasteiger partial charge >= 0.3 is 6.03 Å². The summed E-state index contributed by atoms with van der Waals surface area (Å²) in [5, 5.41) is 15.0. The van der Waals surface area contributed by atoms with Gasteiger partial charge in [-0.25, -0.2) is 4.79 Å². The zero-order valence-electron chi connectivity index (χ0n) is 11.2. The quantitative estimate of drug-likeness (QED) is 0.710. The first kappa shape index (κ1) is 13.5. The molecule has 19 heavy (non-hydrogen) atoms. The molecule has 2 rings (SSSR count). The van der Waals surface area contributed by atoms with Crippen molar-refractivity contribution in [2.24, 2.45) is 0 Å². The van der Waals surface area contributed by atoms with Crippen LogP contribution in [0.3, 0.4) is 0 Å². The number of aryl methyl sites for hydroxylation is 1. The van der Waals surface area contributed by atoms with Crippen LogP contribution in [0.1, 0.15) is 37.7 Å². The van der Waals surface area contributed by atoms with Crippen molar-refractivity contribution in [2.75, 3.05) is 5.32 Å². The maximum Gasteiger partial charge on any atom is 0.323 e. The highest BCUT2D eigenvalue weighted by Crippen LogP contribution is 2.24. The standard InChI is InChI=1S/C15H20N2O2/c1-11-7-8-14(18)13(9-11)17-15(19)16-10-12-5-3-2-4-6-12/h7-10,18H,2-6H2,1H3,(H2,16,17,19). The first-order valence-corrected chi connectivity index (χ1v) is 6.70. The van der Waals surface area contributed by atoms with E-state index in [9.17, 15) is 9.90 Å². The second kappa shape index (κ2) is 6.27. The molecule has 1 aliphatic rings. The van der Waals surface area contributed by atoms with E-state index >= 15 is 0 Å². The minimum absolute atomic E-state index is 0.0751. The number of benzene rings is 1. The highest BCUT2D eigenvalue weighted by atomic mass is 16.3. The summed E-state index contributed by atoms with van der Waals surface area (Å²) in [4.78, 5) is 11.7. The molecule has 0 spiro atoms. The van der Waals surface area contributed by atoms with Gasteiger partial charge in [0.05, 0.1) is 5.69 Å². The summed E-state index contributed by atoms with van der Waals surface area (Å²) < 4.78 is 0. The summed E-state index contributed by atoms with van der Waals surface area (Å²) >= 11 is 0. The van der Waals surface area contributed by atoms with Gasteiger partial charge in [-0.2, -0.15) is 0 Å². The summed E-state index contributed by atoms with van der Waals surface area (Å²) in [5.74, 6) is 0.0751. The van der Waals surface area contributed by atoms with Crippen LogP contribution in [0.5, 0.6) is 5.75 Å². The van der Waals surface area contributed by atoms with Gasteiger partial charge in [-0.3, -0.25) is 0 Å². The van der Waals surface area contributed by atoms with E-state index in [1.54, 1.807) is 24.4 Å². The predicted octanol–water partition coefficient (Wildman–Crippen LogP) is 3.67. The molecule has 2 amide bonds. The molecule has 0 heterocycles. The predicted molar refractivity (Wildman–Crippen MR) is 76.2 cm³/mol. The van der Waals surface area contributed by atoms with E-state index in [4.69, 9.17) is 0 Å². The fraction of sp³-hybridized carbons (Fsp3) is 0.400. The van der Waals surface area contributed by atoms with Gasteiger partial charge in [0, 0.05) is 6.20 Å². The Morgan fingerprint density at radius 2 is 2.00 bits per heavy atom. The second-order valence-electron chi connectivity index (χ2n) is 4.98. The minimum atomic E-state index is -0.320. The van der Waals surface area contributed by atoms with Crippen molar-refractivity contribution in [3.8, 4) is 5.75 Å². The van der Waals surface area contributed by atoms with Gasteiger partial charge in [0.25, 0.3) is 0 Å². The molecule has 0 saturated heterocycles. The Bertz CT molecular complexity index is 487. The number of phenols is 1. The third kappa shape index (κ3) is 4.02. The Morgan fingerprint density at radius 1 is 1.26 bits per heavy atom. The molecule has 0 bridgehead atoms. The fourth-order valence-corrected chi connectivity index (χ4v) is 2.23. The van der Waals surface area contributed by atoms with Gasteiger partial charge in [0.15, 0.2) is 0 Å². The van der Waals surface area contributed by atoms with Gasteiger partial charge in [0.1, 0.15) is 5.75 Å². The van der Waals surface area contributed by atoms with Gasteiger partial charge in [0.2, 0.25) is 0 Å². The summed E-state index contributed by atoms with van der Waals surface area (Å²) in [6.07, 6.45) is 7.61. The number of amides is 2. The van der Waals surface area contributed by atoms with Crippen molar-refractivity contribution in [1.82, 2.24) is 5.32 Å². The number of nitrogens with one attached hydrogen (secondary N) is 2. The van der Waals surface area contributed by atoms with Crippen LogP contribution >= 0.6 is 0 Å². The normalized spacial score (nSPS) is 14.9. The molecule has 0 aromatic heterocycles. The van der Waals surface area contributed by atoms with Crippen LogP contribution < -0.4 is 10.6 Å². The number of carbonyl (C=O) groups is 1. The minimum Gasteiger partial charge on any atom is -0.506 e. The SMILES string of the molecule is Cc1ccc(O)c(NC(=O)NC=C2CCCCC2)c1. The Balaban J connectivity index is 1.92. The topological polar surface area (TPSA) is 61.4 Å². The summed E-state index contributed by atoms with van der Waals surface area (Å²) in [5.41, 5.74) is 2.70.